The smallest absolute Gasteiger partial charge is 0.0872 e. The lowest BCUT2D eigenvalue weighted by Gasteiger charge is -2.00. The average molecular weight is 104 g/mol. The summed E-state index contributed by atoms with van der Waals surface area (Å²) in [6.45, 7) is 4.23. The lowest BCUT2D eigenvalue weighted by atomic mass is 10.1. The Morgan fingerprint density at radius 2 is 1.43 bits per heavy atom. The Labute approximate surface area is 44.9 Å². The standard InChI is InChI=1S/C5H14N2/c1-4(6)3-5(2)7/h4-5H,3,6-7H2,1-2H3/p+2. The maximum absolute atomic E-state index is 3.84. The van der Waals surface area contributed by atoms with Crippen molar-refractivity contribution in [2.75, 3.05) is 0 Å². The zero-order valence-electron chi connectivity index (χ0n) is 5.28. The molecule has 0 spiro atoms. The lowest BCUT2D eigenvalue weighted by molar-refractivity contribution is -0.458. The van der Waals surface area contributed by atoms with E-state index in [2.05, 4.69) is 25.3 Å². The summed E-state index contributed by atoms with van der Waals surface area (Å²) in [5.41, 5.74) is 7.68. The van der Waals surface area contributed by atoms with Crippen LogP contribution < -0.4 is 11.5 Å². The van der Waals surface area contributed by atoms with Crippen LogP contribution in [0.1, 0.15) is 20.3 Å². The van der Waals surface area contributed by atoms with Crippen LogP contribution in [0.15, 0.2) is 0 Å². The third kappa shape index (κ3) is 5.92. The summed E-state index contributed by atoms with van der Waals surface area (Å²) < 4.78 is 0. The van der Waals surface area contributed by atoms with Crippen LogP contribution in [0.25, 0.3) is 0 Å². The number of quaternary nitrogens is 2. The highest BCUT2D eigenvalue weighted by molar-refractivity contribution is 4.48. The van der Waals surface area contributed by atoms with E-state index in [1.165, 1.54) is 0 Å². The van der Waals surface area contributed by atoms with Crippen molar-refractivity contribution >= 4 is 0 Å². The molecule has 6 N–H and O–H groups in total. The highest BCUT2D eigenvalue weighted by Gasteiger charge is 2.02. The highest BCUT2D eigenvalue weighted by Crippen LogP contribution is 1.84. The average Bonchev–Trinajstić information content (AvgIpc) is 1.27. The molecule has 7 heavy (non-hydrogen) atoms. The maximum Gasteiger partial charge on any atom is 0.0872 e. The molecule has 0 aliphatic carbocycles. The second kappa shape index (κ2) is 2.99. The lowest BCUT2D eigenvalue weighted by Crippen LogP contribution is -2.67. The van der Waals surface area contributed by atoms with Crippen molar-refractivity contribution in [1.82, 2.24) is 0 Å². The molecule has 2 nitrogen and oxygen atoms in total. The first-order valence-corrected chi connectivity index (χ1v) is 2.79. The Hall–Kier alpha value is -0.0800. The zero-order valence-corrected chi connectivity index (χ0v) is 5.28. The van der Waals surface area contributed by atoms with Gasteiger partial charge < -0.3 is 11.5 Å². The zero-order chi connectivity index (χ0) is 5.86. The fourth-order valence-corrected chi connectivity index (χ4v) is 0.687. The summed E-state index contributed by atoms with van der Waals surface area (Å²) in [4.78, 5) is 0. The van der Waals surface area contributed by atoms with Crippen molar-refractivity contribution < 1.29 is 11.5 Å². The Balaban J connectivity index is 2.95. The summed E-state index contributed by atoms with van der Waals surface area (Å²) in [6.07, 6.45) is 1.14. The molecule has 0 aromatic rings. The van der Waals surface area contributed by atoms with Gasteiger partial charge in [-0.2, -0.15) is 0 Å². The van der Waals surface area contributed by atoms with Crippen molar-refractivity contribution in [2.45, 2.75) is 32.4 Å². The van der Waals surface area contributed by atoms with Gasteiger partial charge in [-0.25, -0.2) is 0 Å². The van der Waals surface area contributed by atoms with Crippen LogP contribution in [0.4, 0.5) is 0 Å². The van der Waals surface area contributed by atoms with Crippen molar-refractivity contribution in [3.8, 4) is 0 Å². The molecule has 0 rings (SSSR count). The molecule has 0 bridgehead atoms. The molecule has 2 unspecified atom stereocenters. The van der Waals surface area contributed by atoms with Crippen LogP contribution in [0.5, 0.6) is 0 Å². The maximum atomic E-state index is 3.84. The Morgan fingerprint density at radius 3 is 1.43 bits per heavy atom. The van der Waals surface area contributed by atoms with Gasteiger partial charge in [0.05, 0.1) is 18.5 Å². The van der Waals surface area contributed by atoms with Gasteiger partial charge in [0, 0.05) is 0 Å². The van der Waals surface area contributed by atoms with Crippen molar-refractivity contribution in [3.63, 3.8) is 0 Å². The van der Waals surface area contributed by atoms with Crippen LogP contribution in [0.2, 0.25) is 0 Å². The van der Waals surface area contributed by atoms with Gasteiger partial charge in [0.25, 0.3) is 0 Å². The van der Waals surface area contributed by atoms with E-state index >= 15 is 0 Å². The Kier molecular flexibility index (Phi) is 2.96. The summed E-state index contributed by atoms with van der Waals surface area (Å²) in [5, 5.41) is 0. The van der Waals surface area contributed by atoms with Crippen LogP contribution in [0.3, 0.4) is 0 Å². The van der Waals surface area contributed by atoms with Gasteiger partial charge >= 0.3 is 0 Å². The molecular weight excluding hydrogens is 88.1 g/mol. The predicted octanol–water partition coefficient (Wildman–Crippen LogP) is -1.36. The largest absolute Gasteiger partial charge is 0.355 e. The molecule has 0 aliphatic heterocycles. The molecule has 2 heteroatoms. The Bertz CT molecular complexity index is 35.3. The van der Waals surface area contributed by atoms with Crippen LogP contribution in [-0.4, -0.2) is 12.1 Å². The molecular formula is C5H16N2+2. The molecule has 44 valence electrons. The van der Waals surface area contributed by atoms with E-state index in [9.17, 15) is 0 Å². The first-order valence-electron chi connectivity index (χ1n) is 2.79. The third-order valence-electron chi connectivity index (χ3n) is 0.805. The van der Waals surface area contributed by atoms with Gasteiger partial charge in [-0.3, -0.25) is 0 Å². The molecule has 0 aromatic heterocycles. The van der Waals surface area contributed by atoms with Crippen LogP contribution in [0, 0.1) is 0 Å². The minimum Gasteiger partial charge on any atom is -0.355 e. The topological polar surface area (TPSA) is 55.3 Å². The van der Waals surface area contributed by atoms with Crippen molar-refractivity contribution in [2.24, 2.45) is 0 Å². The van der Waals surface area contributed by atoms with E-state index in [-0.39, 0.29) is 0 Å². The first kappa shape index (κ1) is 6.92. The predicted molar refractivity (Wildman–Crippen MR) is 29.3 cm³/mol. The number of rotatable bonds is 2. The molecule has 0 saturated carbocycles. The second-order valence-corrected chi connectivity index (χ2v) is 2.45. The monoisotopic (exact) mass is 104 g/mol. The SMILES string of the molecule is CC([NH3+])CC(C)[NH3+]. The van der Waals surface area contributed by atoms with Gasteiger partial charge in [-0.1, -0.05) is 0 Å². The van der Waals surface area contributed by atoms with Crippen molar-refractivity contribution in [1.29, 1.82) is 0 Å². The molecule has 0 radical (unpaired) electrons. The van der Waals surface area contributed by atoms with Gasteiger partial charge in [0.15, 0.2) is 0 Å². The molecule has 0 aliphatic rings. The normalized spacial score (nSPS) is 18.9. The van der Waals surface area contributed by atoms with Gasteiger partial charge in [0.1, 0.15) is 0 Å². The Morgan fingerprint density at radius 1 is 1.14 bits per heavy atom. The first-order chi connectivity index (χ1) is 3.13. The van der Waals surface area contributed by atoms with E-state index in [0.717, 1.165) is 6.42 Å². The van der Waals surface area contributed by atoms with E-state index in [1.54, 1.807) is 0 Å². The van der Waals surface area contributed by atoms with Crippen LogP contribution >= 0.6 is 0 Å². The molecule has 0 fully saturated rings. The quantitative estimate of drug-likeness (QED) is 0.435. The fraction of sp³-hybridized carbons (Fsp3) is 1.00. The minimum absolute atomic E-state index is 0.562. The number of hydrogen-bond acceptors (Lipinski definition) is 0. The highest BCUT2D eigenvalue weighted by atomic mass is 14.7. The van der Waals surface area contributed by atoms with E-state index in [4.69, 9.17) is 0 Å². The van der Waals surface area contributed by atoms with Crippen molar-refractivity contribution in [3.05, 3.63) is 0 Å². The van der Waals surface area contributed by atoms with E-state index < -0.39 is 0 Å². The summed E-state index contributed by atoms with van der Waals surface area (Å²) >= 11 is 0. The minimum atomic E-state index is 0.562. The van der Waals surface area contributed by atoms with Gasteiger partial charge in [-0.05, 0) is 13.8 Å². The third-order valence-corrected chi connectivity index (χ3v) is 0.805. The van der Waals surface area contributed by atoms with Gasteiger partial charge in [-0.15, -0.1) is 0 Å². The van der Waals surface area contributed by atoms with E-state index in [1.807, 2.05) is 0 Å². The summed E-state index contributed by atoms with van der Waals surface area (Å²) in [7, 11) is 0. The molecule has 0 saturated heterocycles. The number of hydrogen-bond donors (Lipinski definition) is 2. The van der Waals surface area contributed by atoms with Gasteiger partial charge in [0.2, 0.25) is 0 Å². The summed E-state index contributed by atoms with van der Waals surface area (Å²) in [6, 6.07) is 1.12. The molecule has 0 amide bonds. The molecule has 0 aromatic carbocycles. The summed E-state index contributed by atoms with van der Waals surface area (Å²) in [5.74, 6) is 0. The molecule has 2 atom stereocenters. The fourth-order valence-electron chi connectivity index (χ4n) is 0.687. The van der Waals surface area contributed by atoms with E-state index in [0.29, 0.717) is 12.1 Å². The van der Waals surface area contributed by atoms with Crippen LogP contribution in [-0.2, 0) is 0 Å². The molecule has 0 heterocycles. The second-order valence-electron chi connectivity index (χ2n) is 2.45.